The van der Waals surface area contributed by atoms with Crippen molar-refractivity contribution in [3.63, 3.8) is 0 Å². The average Bonchev–Trinajstić information content (AvgIpc) is 2.57. The third kappa shape index (κ3) is 1.55. The molecule has 1 aliphatic carbocycles. The minimum Gasteiger partial charge on any atom is -0.507 e. The first-order chi connectivity index (χ1) is 11.1. The van der Waals surface area contributed by atoms with Crippen LogP contribution in [-0.4, -0.2) is 21.4 Å². The minimum absolute atomic E-state index is 0.274. The molecule has 2 atom stereocenters. The molecule has 0 fully saturated rings. The molecule has 4 aromatic rings. The van der Waals surface area contributed by atoms with E-state index in [2.05, 4.69) is 6.07 Å². The average molecular weight is 302 g/mol. The van der Waals surface area contributed by atoms with E-state index in [-0.39, 0.29) is 5.75 Å². The van der Waals surface area contributed by atoms with Crippen molar-refractivity contribution in [1.29, 1.82) is 0 Å². The molecule has 0 heterocycles. The Hall–Kier alpha value is -2.62. The maximum Gasteiger partial charge on any atom is 0.123 e. The summed E-state index contributed by atoms with van der Waals surface area (Å²) in [4.78, 5) is 0. The van der Waals surface area contributed by atoms with Gasteiger partial charge in [0.2, 0.25) is 0 Å². The number of aliphatic hydroxyl groups is 2. The Morgan fingerprint density at radius 3 is 2.35 bits per heavy atom. The number of phenolic OH excluding ortho intramolecular Hbond substituents is 1. The Morgan fingerprint density at radius 1 is 0.783 bits per heavy atom. The van der Waals surface area contributed by atoms with Gasteiger partial charge >= 0.3 is 0 Å². The number of fused-ring (bicyclic) bond motifs is 2. The van der Waals surface area contributed by atoms with Crippen LogP contribution >= 0.6 is 0 Å². The van der Waals surface area contributed by atoms with E-state index >= 15 is 0 Å². The Labute approximate surface area is 132 Å². The van der Waals surface area contributed by atoms with E-state index in [0.29, 0.717) is 0 Å². The van der Waals surface area contributed by atoms with Crippen LogP contribution in [0.4, 0.5) is 0 Å². The Bertz CT molecular complexity index is 1110. The molecule has 0 saturated heterocycles. The number of aromatic hydroxyl groups is 1. The number of rotatable bonds is 0. The zero-order valence-corrected chi connectivity index (χ0v) is 12.2. The maximum atomic E-state index is 10.3. The number of hydrogen-bond acceptors (Lipinski definition) is 3. The van der Waals surface area contributed by atoms with E-state index in [0.717, 1.165) is 43.4 Å². The van der Waals surface area contributed by atoms with Crippen LogP contribution in [0.3, 0.4) is 0 Å². The smallest absolute Gasteiger partial charge is 0.123 e. The molecule has 0 aromatic heterocycles. The quantitative estimate of drug-likeness (QED) is 0.434. The van der Waals surface area contributed by atoms with E-state index in [1.165, 1.54) is 0 Å². The molecule has 0 aliphatic heterocycles. The third-order valence-corrected chi connectivity index (χ3v) is 4.94. The van der Waals surface area contributed by atoms with Gasteiger partial charge in [0.25, 0.3) is 0 Å². The van der Waals surface area contributed by atoms with Crippen LogP contribution in [0.25, 0.3) is 38.4 Å². The molecular weight excluding hydrogens is 288 g/mol. The molecule has 0 radical (unpaired) electrons. The van der Waals surface area contributed by atoms with Crippen molar-refractivity contribution < 1.29 is 15.3 Å². The molecule has 0 bridgehead atoms. The molecule has 0 amide bonds. The number of benzene rings is 4. The van der Waals surface area contributed by atoms with Crippen LogP contribution in [0.15, 0.2) is 48.5 Å². The fourth-order valence-electron chi connectivity index (χ4n) is 3.82. The SMILES string of the molecule is Oc1ccc2ccc3c4c(cc5ccc1c2c53)C(O)C(O)C=C4. The van der Waals surface area contributed by atoms with Crippen LogP contribution in [0, 0.1) is 0 Å². The molecule has 23 heavy (non-hydrogen) atoms. The summed E-state index contributed by atoms with van der Waals surface area (Å²) < 4.78 is 0. The molecule has 3 nitrogen and oxygen atoms in total. The van der Waals surface area contributed by atoms with Gasteiger partial charge in [-0.2, -0.15) is 0 Å². The molecule has 3 heteroatoms. The summed E-state index contributed by atoms with van der Waals surface area (Å²) in [7, 11) is 0. The zero-order valence-electron chi connectivity index (χ0n) is 12.2. The van der Waals surface area contributed by atoms with Gasteiger partial charge in [0.15, 0.2) is 0 Å². The molecule has 3 N–H and O–H groups in total. The summed E-state index contributed by atoms with van der Waals surface area (Å²) in [6.07, 6.45) is 1.71. The second kappa shape index (κ2) is 4.22. The summed E-state index contributed by atoms with van der Waals surface area (Å²) in [5, 5.41) is 36.5. The first-order valence-electron chi connectivity index (χ1n) is 7.63. The van der Waals surface area contributed by atoms with Gasteiger partial charge in [-0.3, -0.25) is 0 Å². The first kappa shape index (κ1) is 12.9. The Kier molecular flexibility index (Phi) is 2.36. The zero-order chi connectivity index (χ0) is 15.7. The summed E-state index contributed by atoms with van der Waals surface area (Å²) in [6, 6.07) is 13.5. The van der Waals surface area contributed by atoms with Gasteiger partial charge in [0.05, 0.1) is 0 Å². The predicted molar refractivity (Wildman–Crippen MR) is 91.8 cm³/mol. The van der Waals surface area contributed by atoms with Crippen molar-refractivity contribution in [2.24, 2.45) is 0 Å². The van der Waals surface area contributed by atoms with Gasteiger partial charge in [-0.05, 0) is 44.8 Å². The number of aliphatic hydroxyl groups excluding tert-OH is 2. The van der Waals surface area contributed by atoms with Crippen molar-refractivity contribution in [3.05, 3.63) is 59.7 Å². The third-order valence-electron chi connectivity index (χ3n) is 4.94. The van der Waals surface area contributed by atoms with Crippen molar-refractivity contribution in [2.45, 2.75) is 12.2 Å². The molecule has 2 unspecified atom stereocenters. The van der Waals surface area contributed by atoms with Gasteiger partial charge in [-0.25, -0.2) is 0 Å². The summed E-state index contributed by atoms with van der Waals surface area (Å²) in [6.45, 7) is 0. The fourth-order valence-corrected chi connectivity index (χ4v) is 3.82. The van der Waals surface area contributed by atoms with Gasteiger partial charge in [-0.1, -0.05) is 42.5 Å². The van der Waals surface area contributed by atoms with Gasteiger partial charge in [0.1, 0.15) is 18.0 Å². The normalized spacial score (nSPS) is 20.6. The van der Waals surface area contributed by atoms with E-state index in [4.69, 9.17) is 0 Å². The second-order valence-electron chi connectivity index (χ2n) is 6.18. The number of phenols is 1. The lowest BCUT2D eigenvalue weighted by molar-refractivity contribution is 0.0472. The maximum absolute atomic E-state index is 10.3. The lowest BCUT2D eigenvalue weighted by atomic mass is 9.84. The molecule has 1 aliphatic rings. The summed E-state index contributed by atoms with van der Waals surface area (Å²) in [5.74, 6) is 0.274. The number of hydrogen-bond donors (Lipinski definition) is 3. The second-order valence-corrected chi connectivity index (χ2v) is 6.18. The molecular formula is C20H14O3. The molecule has 0 saturated carbocycles. The van der Waals surface area contributed by atoms with Crippen molar-refractivity contribution in [2.75, 3.05) is 0 Å². The van der Waals surface area contributed by atoms with Crippen LogP contribution in [0.2, 0.25) is 0 Å². The molecule has 0 spiro atoms. The largest absolute Gasteiger partial charge is 0.507 e. The van der Waals surface area contributed by atoms with Gasteiger partial charge in [-0.15, -0.1) is 0 Å². The lowest BCUT2D eigenvalue weighted by Crippen LogP contribution is -2.19. The Morgan fingerprint density at radius 2 is 1.48 bits per heavy atom. The van der Waals surface area contributed by atoms with Crippen LogP contribution in [-0.2, 0) is 0 Å². The first-order valence-corrected chi connectivity index (χ1v) is 7.63. The van der Waals surface area contributed by atoms with E-state index in [1.807, 2.05) is 36.4 Å². The van der Waals surface area contributed by atoms with Crippen LogP contribution in [0.5, 0.6) is 5.75 Å². The van der Waals surface area contributed by atoms with Gasteiger partial charge < -0.3 is 15.3 Å². The standard InChI is InChI=1S/C20H14O3/c21-16-7-3-10-1-4-13-12-6-8-17(22)20(23)15(12)9-11-2-5-14(16)18(10)19(11)13/h1-9,17,20-23H. The van der Waals surface area contributed by atoms with Crippen molar-refractivity contribution in [3.8, 4) is 5.75 Å². The van der Waals surface area contributed by atoms with Crippen molar-refractivity contribution in [1.82, 2.24) is 0 Å². The lowest BCUT2D eigenvalue weighted by Gasteiger charge is -2.24. The van der Waals surface area contributed by atoms with Crippen molar-refractivity contribution >= 4 is 38.4 Å². The summed E-state index contributed by atoms with van der Waals surface area (Å²) >= 11 is 0. The topological polar surface area (TPSA) is 60.7 Å². The highest BCUT2D eigenvalue weighted by atomic mass is 16.3. The highest BCUT2D eigenvalue weighted by Crippen LogP contribution is 2.43. The highest BCUT2D eigenvalue weighted by Gasteiger charge is 2.25. The molecule has 112 valence electrons. The van der Waals surface area contributed by atoms with Crippen LogP contribution < -0.4 is 0 Å². The monoisotopic (exact) mass is 302 g/mol. The minimum atomic E-state index is -0.912. The van der Waals surface area contributed by atoms with E-state index < -0.39 is 12.2 Å². The fraction of sp³-hybridized carbons (Fsp3) is 0.100. The van der Waals surface area contributed by atoms with E-state index in [9.17, 15) is 15.3 Å². The molecule has 5 rings (SSSR count). The van der Waals surface area contributed by atoms with Gasteiger partial charge in [0, 0.05) is 10.8 Å². The Balaban J connectivity index is 2.05. The molecule has 4 aromatic carbocycles. The van der Waals surface area contributed by atoms with E-state index in [1.54, 1.807) is 12.1 Å². The van der Waals surface area contributed by atoms with Crippen LogP contribution in [0.1, 0.15) is 17.2 Å². The predicted octanol–water partition coefficient (Wildman–Crippen LogP) is 3.71. The highest BCUT2D eigenvalue weighted by molar-refractivity contribution is 6.25. The summed E-state index contributed by atoms with van der Waals surface area (Å²) in [5.41, 5.74) is 1.68.